The second-order valence-corrected chi connectivity index (χ2v) is 13.6. The molecular formula is C42H46F3N3O7. The molecule has 0 aliphatic heterocycles. The minimum absolute atomic E-state index is 0.0300. The topological polar surface area (TPSA) is 164 Å². The summed E-state index contributed by atoms with van der Waals surface area (Å²) in [6, 6.07) is 19.1. The standard InChI is InChI=1S/C42H46F3N3O7/c43-42(44,45)31-6-5-7-34(21-31)54-26-33(49)16-17-36-35(38(50)22-39(36)51)8-3-1-2-4-9-40(52)55-25-27-10-12-28(13-11-27)37(23-46)41(53)48-32-15-14-30-24-47-19-18-29(30)20-32/h1,3,5-7,10-21,24,33,35-39,49-51H,2,4,8-9,22-23,25-26,46H2,(H,48,53)/b3-1-,17-16+/t33-,35?,36?,37?,38+,39-/m1/s1. The molecule has 0 radical (unpaired) electrons. The number of esters is 1. The zero-order chi connectivity index (χ0) is 39.4. The van der Waals surface area contributed by atoms with E-state index in [1.165, 1.54) is 18.2 Å². The van der Waals surface area contributed by atoms with E-state index in [-0.39, 0.29) is 56.1 Å². The van der Waals surface area contributed by atoms with Crippen molar-refractivity contribution >= 4 is 28.3 Å². The van der Waals surface area contributed by atoms with Crippen molar-refractivity contribution in [2.24, 2.45) is 17.6 Å². The number of nitrogens with one attached hydrogen (secondary N) is 1. The van der Waals surface area contributed by atoms with Crippen LogP contribution in [-0.2, 0) is 27.1 Å². The van der Waals surface area contributed by atoms with E-state index in [1.54, 1.807) is 42.7 Å². The van der Waals surface area contributed by atoms with Crippen LogP contribution in [0.3, 0.4) is 0 Å². The molecule has 10 nitrogen and oxygen atoms in total. The Labute approximate surface area is 317 Å². The van der Waals surface area contributed by atoms with E-state index < -0.39 is 41.9 Å². The van der Waals surface area contributed by atoms with E-state index in [0.29, 0.717) is 24.9 Å². The van der Waals surface area contributed by atoms with Gasteiger partial charge in [-0.25, -0.2) is 0 Å². The number of hydrogen-bond donors (Lipinski definition) is 5. The molecule has 1 saturated carbocycles. The molecule has 1 amide bonds. The van der Waals surface area contributed by atoms with Gasteiger partial charge in [-0.2, -0.15) is 13.2 Å². The van der Waals surface area contributed by atoms with E-state index in [9.17, 15) is 38.1 Å². The summed E-state index contributed by atoms with van der Waals surface area (Å²) in [5.41, 5.74) is 7.29. The van der Waals surface area contributed by atoms with Crippen LogP contribution in [0.4, 0.5) is 18.9 Å². The summed E-state index contributed by atoms with van der Waals surface area (Å²) in [6.45, 7) is -0.0853. The van der Waals surface area contributed by atoms with Crippen molar-refractivity contribution in [2.75, 3.05) is 18.5 Å². The average molecular weight is 762 g/mol. The van der Waals surface area contributed by atoms with Crippen molar-refractivity contribution in [3.05, 3.63) is 126 Å². The van der Waals surface area contributed by atoms with Gasteiger partial charge >= 0.3 is 12.1 Å². The number of amides is 1. The Kier molecular flexibility index (Phi) is 14.6. The molecule has 3 unspecified atom stereocenters. The number of aromatic nitrogens is 1. The predicted molar refractivity (Wildman–Crippen MR) is 202 cm³/mol. The molecule has 3 aromatic carbocycles. The number of pyridine rings is 1. The third kappa shape index (κ3) is 12.0. The molecule has 13 heteroatoms. The van der Waals surface area contributed by atoms with Gasteiger partial charge in [0.2, 0.25) is 5.91 Å². The molecule has 1 aliphatic carbocycles. The lowest BCUT2D eigenvalue weighted by atomic mass is 9.89. The lowest BCUT2D eigenvalue weighted by Gasteiger charge is -2.19. The minimum atomic E-state index is -4.51. The summed E-state index contributed by atoms with van der Waals surface area (Å²) >= 11 is 0. The van der Waals surface area contributed by atoms with Crippen LogP contribution in [0.25, 0.3) is 10.8 Å². The van der Waals surface area contributed by atoms with Crippen LogP contribution < -0.4 is 15.8 Å². The lowest BCUT2D eigenvalue weighted by Crippen LogP contribution is -2.27. The Morgan fingerprint density at radius 3 is 2.56 bits per heavy atom. The fourth-order valence-corrected chi connectivity index (χ4v) is 6.56. The maximum atomic E-state index is 13.1. The number of unbranched alkanes of at least 4 members (excludes halogenated alkanes) is 1. The van der Waals surface area contributed by atoms with Crippen molar-refractivity contribution < 1.29 is 47.6 Å². The van der Waals surface area contributed by atoms with Crippen LogP contribution in [0.5, 0.6) is 5.75 Å². The maximum absolute atomic E-state index is 13.1. The molecule has 6 N–H and O–H groups in total. The molecule has 292 valence electrons. The molecule has 0 spiro atoms. The van der Waals surface area contributed by atoms with Crippen LogP contribution in [0.2, 0.25) is 0 Å². The number of aliphatic hydroxyl groups excluding tert-OH is 3. The maximum Gasteiger partial charge on any atom is 0.416 e. The fourth-order valence-electron chi connectivity index (χ4n) is 6.56. The smallest absolute Gasteiger partial charge is 0.416 e. The van der Waals surface area contributed by atoms with Gasteiger partial charge in [0.1, 0.15) is 25.1 Å². The second kappa shape index (κ2) is 19.5. The normalized spacial score (nSPS) is 19.8. The fraction of sp³-hybridized carbons (Fsp3) is 0.357. The van der Waals surface area contributed by atoms with Crippen LogP contribution in [-0.4, -0.2) is 63.6 Å². The van der Waals surface area contributed by atoms with Crippen molar-refractivity contribution in [1.29, 1.82) is 0 Å². The Balaban J connectivity index is 1.00. The number of carbonyl (C=O) groups excluding carboxylic acids is 2. The number of benzene rings is 3. The van der Waals surface area contributed by atoms with Gasteiger partial charge in [-0.3, -0.25) is 14.6 Å². The Morgan fingerprint density at radius 2 is 1.80 bits per heavy atom. The Morgan fingerprint density at radius 1 is 1.00 bits per heavy atom. The molecule has 6 atom stereocenters. The van der Waals surface area contributed by atoms with Gasteiger partial charge in [0.25, 0.3) is 0 Å². The molecule has 1 aliphatic rings. The first-order valence-corrected chi connectivity index (χ1v) is 18.2. The number of fused-ring (bicyclic) bond motifs is 1. The van der Waals surface area contributed by atoms with Gasteiger partial charge in [0.05, 0.1) is 23.7 Å². The van der Waals surface area contributed by atoms with Crippen molar-refractivity contribution in [3.8, 4) is 5.75 Å². The largest absolute Gasteiger partial charge is 0.491 e. The van der Waals surface area contributed by atoms with Gasteiger partial charge in [-0.05, 0) is 78.1 Å². The number of hydrogen-bond acceptors (Lipinski definition) is 9. The zero-order valence-corrected chi connectivity index (χ0v) is 30.1. The summed E-state index contributed by atoms with van der Waals surface area (Å²) < 4.78 is 49.6. The van der Waals surface area contributed by atoms with Crippen molar-refractivity contribution in [2.45, 2.75) is 69.1 Å². The molecule has 4 aromatic rings. The number of alkyl halides is 3. The van der Waals surface area contributed by atoms with Gasteiger partial charge in [0, 0.05) is 48.8 Å². The van der Waals surface area contributed by atoms with Crippen LogP contribution in [0.1, 0.15) is 54.7 Å². The molecular weight excluding hydrogens is 715 g/mol. The number of aliphatic hydroxyl groups is 3. The average Bonchev–Trinajstić information content (AvgIpc) is 3.44. The van der Waals surface area contributed by atoms with Gasteiger partial charge in [0.15, 0.2) is 0 Å². The highest BCUT2D eigenvalue weighted by Gasteiger charge is 2.39. The zero-order valence-electron chi connectivity index (χ0n) is 30.1. The second-order valence-electron chi connectivity index (χ2n) is 13.6. The summed E-state index contributed by atoms with van der Waals surface area (Å²) in [6.07, 6.45) is 5.02. The molecule has 0 saturated heterocycles. The molecule has 5 rings (SSSR count). The van der Waals surface area contributed by atoms with Crippen LogP contribution in [0.15, 0.2) is 109 Å². The van der Waals surface area contributed by atoms with E-state index in [0.717, 1.165) is 34.0 Å². The van der Waals surface area contributed by atoms with E-state index in [2.05, 4.69) is 10.3 Å². The molecule has 0 bridgehead atoms. The third-order valence-corrected chi connectivity index (χ3v) is 9.62. The number of rotatable bonds is 17. The molecule has 1 fully saturated rings. The van der Waals surface area contributed by atoms with Gasteiger partial charge < -0.3 is 35.8 Å². The van der Waals surface area contributed by atoms with E-state index >= 15 is 0 Å². The van der Waals surface area contributed by atoms with Gasteiger partial charge in [-0.15, -0.1) is 0 Å². The van der Waals surface area contributed by atoms with Gasteiger partial charge in [-0.1, -0.05) is 60.7 Å². The summed E-state index contributed by atoms with van der Waals surface area (Å²) in [5.74, 6) is -1.93. The molecule has 1 heterocycles. The number of allylic oxidation sites excluding steroid dienone is 2. The number of halogens is 3. The van der Waals surface area contributed by atoms with E-state index in [4.69, 9.17) is 15.2 Å². The minimum Gasteiger partial charge on any atom is -0.491 e. The highest BCUT2D eigenvalue weighted by molar-refractivity contribution is 5.98. The monoisotopic (exact) mass is 761 g/mol. The Hall–Kier alpha value is -5.08. The Bertz CT molecular complexity index is 1940. The molecule has 1 aromatic heterocycles. The number of nitrogens with zero attached hydrogens (tertiary/aromatic N) is 1. The van der Waals surface area contributed by atoms with E-state index in [1.807, 2.05) is 36.4 Å². The highest BCUT2D eigenvalue weighted by Crippen LogP contribution is 2.36. The quantitative estimate of drug-likeness (QED) is 0.0462. The number of nitrogens with two attached hydrogens (primary N) is 1. The summed E-state index contributed by atoms with van der Waals surface area (Å²) in [5, 5.41) is 36.2. The SMILES string of the molecule is NCC(C(=O)Nc1ccc2cnccc2c1)c1ccc(COC(=O)CCC/C=C\CC2C(/C=C/[C@@H](O)COc3cccc(C(F)(F)F)c3)[C@H](O)C[C@@H]2O)cc1. The number of carbonyl (C=O) groups is 2. The first-order chi connectivity index (χ1) is 26.4. The lowest BCUT2D eigenvalue weighted by molar-refractivity contribution is -0.145. The summed E-state index contributed by atoms with van der Waals surface area (Å²) in [7, 11) is 0. The van der Waals surface area contributed by atoms with Crippen molar-refractivity contribution in [1.82, 2.24) is 4.98 Å². The van der Waals surface area contributed by atoms with Crippen LogP contribution in [0, 0.1) is 11.8 Å². The first-order valence-electron chi connectivity index (χ1n) is 18.2. The predicted octanol–water partition coefficient (Wildman–Crippen LogP) is 6.45. The summed E-state index contributed by atoms with van der Waals surface area (Å²) in [4.78, 5) is 29.6. The van der Waals surface area contributed by atoms with Crippen LogP contribution >= 0.6 is 0 Å². The first kappa shape index (κ1) is 41.1. The highest BCUT2D eigenvalue weighted by atomic mass is 19.4. The van der Waals surface area contributed by atoms with Crippen molar-refractivity contribution in [3.63, 3.8) is 0 Å². The number of ether oxygens (including phenoxy) is 2. The molecule has 55 heavy (non-hydrogen) atoms. The number of anilines is 1. The third-order valence-electron chi connectivity index (χ3n) is 9.62.